The van der Waals surface area contributed by atoms with E-state index in [-0.39, 0.29) is 0 Å². The first kappa shape index (κ1) is 19.0. The van der Waals surface area contributed by atoms with Crippen LogP contribution in [-0.4, -0.2) is 42.2 Å². The van der Waals surface area contributed by atoms with Crippen LogP contribution in [0, 0.1) is 6.92 Å². The second kappa shape index (κ2) is 8.64. The van der Waals surface area contributed by atoms with Crippen molar-refractivity contribution in [1.29, 1.82) is 0 Å². The molecule has 0 saturated carbocycles. The van der Waals surface area contributed by atoms with Crippen molar-refractivity contribution in [3.63, 3.8) is 0 Å². The number of hydrazine groups is 2. The molecule has 1 aliphatic rings. The Kier molecular flexibility index (Phi) is 6.82. The molecule has 7 nitrogen and oxygen atoms in total. The quantitative estimate of drug-likeness (QED) is 0.227. The number of amides is 2. The molecule has 6 N–H and O–H groups in total. The van der Waals surface area contributed by atoms with Crippen LogP contribution in [0.3, 0.4) is 0 Å². The number of hydrogen-bond acceptors (Lipinski definition) is 5. The van der Waals surface area contributed by atoms with E-state index >= 15 is 0 Å². The molecule has 134 valence electrons. The number of hydrogen-bond donors (Lipinski definition) is 5. The van der Waals surface area contributed by atoms with Crippen LogP contribution in [0.1, 0.15) is 30.4 Å². The van der Waals surface area contributed by atoms with Crippen LogP contribution in [0.25, 0.3) is 0 Å². The zero-order valence-electron chi connectivity index (χ0n) is 13.9. The van der Waals surface area contributed by atoms with Gasteiger partial charge in [-0.05, 0) is 56.0 Å². The second-order valence-corrected chi connectivity index (χ2v) is 6.65. The van der Waals surface area contributed by atoms with Crippen molar-refractivity contribution in [3.05, 3.63) is 34.3 Å². The van der Waals surface area contributed by atoms with Gasteiger partial charge in [0.25, 0.3) is 0 Å². The first-order valence-corrected chi connectivity index (χ1v) is 8.53. The number of benzene rings is 1. The van der Waals surface area contributed by atoms with Crippen LogP contribution in [0.2, 0.25) is 5.02 Å². The Bertz CT molecular complexity index is 561. The van der Waals surface area contributed by atoms with Gasteiger partial charge >= 0.3 is 6.03 Å². The van der Waals surface area contributed by atoms with E-state index in [4.69, 9.17) is 17.4 Å². The van der Waals surface area contributed by atoms with Gasteiger partial charge in [-0.2, -0.15) is 0 Å². The van der Waals surface area contributed by atoms with E-state index in [2.05, 4.69) is 15.8 Å². The SMILES string of the molecule is Cc1cc(Cl)ccc1C1(O)CCN(CCCNNC(=O)NN)CC1. The third-order valence-electron chi connectivity index (χ3n) is 4.48. The van der Waals surface area contributed by atoms with Gasteiger partial charge in [0.05, 0.1) is 5.60 Å². The summed E-state index contributed by atoms with van der Waals surface area (Å²) in [4.78, 5) is 13.2. The molecule has 0 unspecified atom stereocenters. The van der Waals surface area contributed by atoms with Gasteiger partial charge in [-0.25, -0.2) is 16.1 Å². The fourth-order valence-corrected chi connectivity index (χ4v) is 3.36. The van der Waals surface area contributed by atoms with Crippen LogP contribution in [0.5, 0.6) is 0 Å². The molecular formula is C16H26ClN5O2. The molecule has 1 heterocycles. The number of aryl methyl sites for hydroxylation is 1. The fourth-order valence-electron chi connectivity index (χ4n) is 3.14. The Morgan fingerprint density at radius 3 is 2.75 bits per heavy atom. The van der Waals surface area contributed by atoms with E-state index in [0.29, 0.717) is 24.4 Å². The van der Waals surface area contributed by atoms with Crippen LogP contribution in [0.4, 0.5) is 4.79 Å². The highest BCUT2D eigenvalue weighted by Crippen LogP contribution is 2.35. The number of rotatable bonds is 6. The number of piperidine rings is 1. The van der Waals surface area contributed by atoms with Crippen LogP contribution >= 0.6 is 11.6 Å². The standard InChI is InChI=1S/C16H26ClN5O2/c1-12-11-13(17)3-4-14(12)16(24)5-9-22(10-6-16)8-2-7-19-21-15(23)20-18/h3-4,11,19,24H,2,5-10,18H2,1H3,(H2,20,21,23). The molecule has 0 bridgehead atoms. The number of nitrogens with two attached hydrogens (primary N) is 1. The zero-order valence-corrected chi connectivity index (χ0v) is 14.7. The minimum atomic E-state index is -0.774. The summed E-state index contributed by atoms with van der Waals surface area (Å²) in [7, 11) is 0. The molecule has 0 aromatic heterocycles. The average molecular weight is 356 g/mol. The van der Waals surface area contributed by atoms with E-state index < -0.39 is 11.6 Å². The Balaban J connectivity index is 1.75. The molecular weight excluding hydrogens is 330 g/mol. The summed E-state index contributed by atoms with van der Waals surface area (Å²) in [5, 5.41) is 11.7. The smallest absolute Gasteiger partial charge is 0.343 e. The number of nitrogens with one attached hydrogen (secondary N) is 3. The lowest BCUT2D eigenvalue weighted by atomic mass is 9.82. The van der Waals surface area contributed by atoms with Crippen molar-refractivity contribution >= 4 is 17.6 Å². The molecule has 0 aliphatic carbocycles. The number of nitrogens with zero attached hydrogens (tertiary/aromatic N) is 1. The van der Waals surface area contributed by atoms with Gasteiger partial charge in [-0.1, -0.05) is 17.7 Å². The van der Waals surface area contributed by atoms with Crippen LogP contribution < -0.4 is 22.1 Å². The zero-order chi connectivity index (χ0) is 17.6. The minimum Gasteiger partial charge on any atom is -0.385 e. The van der Waals surface area contributed by atoms with Gasteiger partial charge in [0.15, 0.2) is 0 Å². The lowest BCUT2D eigenvalue weighted by molar-refractivity contribution is -0.0264. The molecule has 8 heteroatoms. The minimum absolute atomic E-state index is 0.462. The Morgan fingerprint density at radius 1 is 1.42 bits per heavy atom. The molecule has 24 heavy (non-hydrogen) atoms. The van der Waals surface area contributed by atoms with Gasteiger partial charge < -0.3 is 10.0 Å². The predicted octanol–water partition coefficient (Wildman–Crippen LogP) is 0.999. The van der Waals surface area contributed by atoms with Crippen LogP contribution in [-0.2, 0) is 5.60 Å². The monoisotopic (exact) mass is 355 g/mol. The first-order valence-electron chi connectivity index (χ1n) is 8.15. The maximum atomic E-state index is 11.0. The lowest BCUT2D eigenvalue weighted by Gasteiger charge is -2.39. The topological polar surface area (TPSA) is 103 Å². The van der Waals surface area contributed by atoms with Crippen molar-refractivity contribution in [2.45, 2.75) is 31.8 Å². The van der Waals surface area contributed by atoms with E-state index in [0.717, 1.165) is 37.2 Å². The molecule has 1 saturated heterocycles. The molecule has 1 aliphatic heterocycles. The van der Waals surface area contributed by atoms with Crippen molar-refractivity contribution in [2.75, 3.05) is 26.2 Å². The Morgan fingerprint density at radius 2 is 2.12 bits per heavy atom. The van der Waals surface area contributed by atoms with Crippen molar-refractivity contribution in [3.8, 4) is 0 Å². The van der Waals surface area contributed by atoms with E-state index in [9.17, 15) is 9.90 Å². The number of aliphatic hydroxyl groups is 1. The number of halogens is 1. The van der Waals surface area contributed by atoms with Gasteiger partial charge in [0.1, 0.15) is 0 Å². The van der Waals surface area contributed by atoms with Gasteiger partial charge in [-0.3, -0.25) is 10.9 Å². The predicted molar refractivity (Wildman–Crippen MR) is 94.2 cm³/mol. The summed E-state index contributed by atoms with van der Waals surface area (Å²) < 4.78 is 0. The largest absolute Gasteiger partial charge is 0.385 e. The lowest BCUT2D eigenvalue weighted by Crippen LogP contribution is -2.48. The highest BCUT2D eigenvalue weighted by Gasteiger charge is 2.34. The number of carbonyl (C=O) groups is 1. The van der Waals surface area contributed by atoms with Crippen molar-refractivity contribution in [2.24, 2.45) is 5.84 Å². The number of likely N-dealkylation sites (tertiary alicyclic amines) is 1. The molecule has 1 aromatic carbocycles. The van der Waals surface area contributed by atoms with Gasteiger partial charge in [0.2, 0.25) is 0 Å². The maximum absolute atomic E-state index is 11.0. The molecule has 0 spiro atoms. The maximum Gasteiger partial charge on any atom is 0.343 e. The second-order valence-electron chi connectivity index (χ2n) is 6.21. The molecule has 0 atom stereocenters. The summed E-state index contributed by atoms with van der Waals surface area (Å²) in [5.74, 6) is 4.95. The summed E-state index contributed by atoms with van der Waals surface area (Å²) >= 11 is 6.00. The van der Waals surface area contributed by atoms with E-state index in [1.807, 2.05) is 30.5 Å². The Labute approximate surface area is 147 Å². The van der Waals surface area contributed by atoms with E-state index in [1.54, 1.807) is 0 Å². The third-order valence-corrected chi connectivity index (χ3v) is 4.72. The van der Waals surface area contributed by atoms with Crippen molar-refractivity contribution in [1.82, 2.24) is 21.2 Å². The van der Waals surface area contributed by atoms with E-state index in [1.165, 1.54) is 0 Å². The normalized spacial score (nSPS) is 17.5. The van der Waals surface area contributed by atoms with Gasteiger partial charge in [-0.15, -0.1) is 0 Å². The van der Waals surface area contributed by atoms with Crippen molar-refractivity contribution < 1.29 is 9.90 Å². The Hall–Kier alpha value is -1.38. The molecule has 1 aromatic rings. The molecule has 2 rings (SSSR count). The summed E-state index contributed by atoms with van der Waals surface area (Å²) in [6.07, 6.45) is 2.30. The number of carbonyl (C=O) groups excluding carboxylic acids is 1. The van der Waals surface area contributed by atoms with Crippen LogP contribution in [0.15, 0.2) is 18.2 Å². The highest BCUT2D eigenvalue weighted by molar-refractivity contribution is 6.30. The summed E-state index contributed by atoms with van der Waals surface area (Å²) in [5.41, 5.74) is 8.44. The highest BCUT2D eigenvalue weighted by atomic mass is 35.5. The molecule has 2 amide bonds. The molecule has 1 fully saturated rings. The summed E-state index contributed by atoms with van der Waals surface area (Å²) in [6.45, 7) is 5.24. The number of urea groups is 1. The molecule has 0 radical (unpaired) electrons. The fraction of sp³-hybridized carbons (Fsp3) is 0.562. The summed E-state index contributed by atoms with van der Waals surface area (Å²) in [6, 6.07) is 5.21. The third kappa shape index (κ3) is 5.06. The first-order chi connectivity index (χ1) is 11.4. The van der Waals surface area contributed by atoms with Gasteiger partial charge in [0, 0.05) is 24.7 Å². The average Bonchev–Trinajstić information content (AvgIpc) is 2.56.